The zero-order valence-electron chi connectivity index (χ0n) is 13.2. The van der Waals surface area contributed by atoms with Gasteiger partial charge in [0.05, 0.1) is 11.4 Å². The zero-order valence-corrected chi connectivity index (χ0v) is 13.2. The van der Waals surface area contributed by atoms with Gasteiger partial charge in [-0.3, -0.25) is 4.79 Å². The average molecular weight is 384 g/mol. The Morgan fingerprint density at radius 3 is 2.41 bits per heavy atom. The van der Waals surface area contributed by atoms with Gasteiger partial charge in [0.15, 0.2) is 17.5 Å². The number of rotatable bonds is 5. The normalized spacial score (nSPS) is 10.9. The molecule has 3 aromatic rings. The summed E-state index contributed by atoms with van der Waals surface area (Å²) in [5, 5.41) is 5.88. The predicted molar refractivity (Wildman–Crippen MR) is 82.3 cm³/mol. The van der Waals surface area contributed by atoms with Gasteiger partial charge in [0.1, 0.15) is 12.1 Å². The molecule has 1 aromatic heterocycles. The van der Waals surface area contributed by atoms with Gasteiger partial charge in [0.2, 0.25) is 5.82 Å². The van der Waals surface area contributed by atoms with Crippen molar-refractivity contribution < 1.29 is 31.5 Å². The molecule has 0 atom stereocenters. The monoisotopic (exact) mass is 384 g/mol. The Morgan fingerprint density at radius 1 is 1.04 bits per heavy atom. The third-order valence-electron chi connectivity index (χ3n) is 3.30. The van der Waals surface area contributed by atoms with E-state index in [0.717, 1.165) is 17.1 Å². The predicted octanol–water partition coefficient (Wildman–Crippen LogP) is 3.54. The van der Waals surface area contributed by atoms with Crippen molar-refractivity contribution in [2.75, 3.05) is 5.32 Å². The van der Waals surface area contributed by atoms with Crippen LogP contribution in [0, 0.1) is 17.5 Å². The van der Waals surface area contributed by atoms with E-state index in [2.05, 4.69) is 14.8 Å². The molecule has 0 spiro atoms. The summed E-state index contributed by atoms with van der Waals surface area (Å²) in [6.07, 6.45) is 1.15. The number of aromatic nitrogens is 3. The lowest BCUT2D eigenvalue weighted by molar-refractivity contribution is -0.0498. The van der Waals surface area contributed by atoms with E-state index in [9.17, 15) is 26.7 Å². The fraction of sp³-hybridized carbons (Fsp3) is 0.0625. The minimum atomic E-state index is -2.96. The van der Waals surface area contributed by atoms with Crippen molar-refractivity contribution in [1.82, 2.24) is 14.8 Å². The number of anilines is 1. The van der Waals surface area contributed by atoms with Crippen LogP contribution in [0.3, 0.4) is 0 Å². The summed E-state index contributed by atoms with van der Waals surface area (Å²) in [6.45, 7) is -2.96. The van der Waals surface area contributed by atoms with Crippen LogP contribution in [0.2, 0.25) is 0 Å². The maximum atomic E-state index is 13.6. The number of carbonyl (C=O) groups excluding carboxylic acids is 1. The largest absolute Gasteiger partial charge is 0.435 e. The number of nitrogens with one attached hydrogen (secondary N) is 1. The molecular weight excluding hydrogens is 375 g/mol. The molecule has 0 aliphatic carbocycles. The Hall–Kier alpha value is -3.50. The highest BCUT2D eigenvalue weighted by molar-refractivity contribution is 6.01. The van der Waals surface area contributed by atoms with Crippen LogP contribution in [-0.4, -0.2) is 27.3 Å². The second kappa shape index (κ2) is 7.40. The van der Waals surface area contributed by atoms with Crippen molar-refractivity contribution >= 4 is 11.6 Å². The Labute approximate surface area is 148 Å². The van der Waals surface area contributed by atoms with Gasteiger partial charge in [-0.25, -0.2) is 22.8 Å². The number of halogens is 5. The van der Waals surface area contributed by atoms with Gasteiger partial charge in [-0.1, -0.05) is 0 Å². The van der Waals surface area contributed by atoms with Crippen molar-refractivity contribution in [3.63, 3.8) is 0 Å². The molecule has 3 rings (SSSR count). The highest BCUT2D eigenvalue weighted by atomic mass is 19.3. The van der Waals surface area contributed by atoms with Crippen LogP contribution in [-0.2, 0) is 0 Å². The molecule has 11 heteroatoms. The second-order valence-corrected chi connectivity index (χ2v) is 5.06. The lowest BCUT2D eigenvalue weighted by Gasteiger charge is -2.06. The van der Waals surface area contributed by atoms with Crippen LogP contribution < -0.4 is 10.1 Å². The summed E-state index contributed by atoms with van der Waals surface area (Å²) in [5.74, 6) is -6.09. The average Bonchev–Trinajstić information content (AvgIpc) is 3.12. The minimum absolute atomic E-state index is 0.0688. The molecule has 0 saturated heterocycles. The lowest BCUT2D eigenvalue weighted by Crippen LogP contribution is -2.16. The summed E-state index contributed by atoms with van der Waals surface area (Å²) >= 11 is 0. The fourth-order valence-corrected chi connectivity index (χ4v) is 2.07. The van der Waals surface area contributed by atoms with E-state index in [4.69, 9.17) is 0 Å². The zero-order chi connectivity index (χ0) is 19.6. The summed E-state index contributed by atoms with van der Waals surface area (Å²) < 4.78 is 69.3. The maximum absolute atomic E-state index is 13.6. The van der Waals surface area contributed by atoms with Crippen LogP contribution >= 0.6 is 0 Å². The molecule has 0 bridgehead atoms. The van der Waals surface area contributed by atoms with Crippen LogP contribution in [0.1, 0.15) is 10.6 Å². The molecule has 0 aliphatic heterocycles. The molecule has 0 radical (unpaired) electrons. The Bertz CT molecular complexity index is 975. The number of carbonyl (C=O) groups is 1. The highest BCUT2D eigenvalue weighted by Crippen LogP contribution is 2.20. The minimum Gasteiger partial charge on any atom is -0.435 e. The van der Waals surface area contributed by atoms with E-state index in [1.165, 1.54) is 24.3 Å². The van der Waals surface area contributed by atoms with Crippen molar-refractivity contribution in [3.05, 3.63) is 66.0 Å². The summed E-state index contributed by atoms with van der Waals surface area (Å²) in [7, 11) is 0. The van der Waals surface area contributed by atoms with Crippen molar-refractivity contribution in [2.24, 2.45) is 0 Å². The number of nitrogens with zero attached hydrogens (tertiary/aromatic N) is 3. The molecule has 0 fully saturated rings. The quantitative estimate of drug-likeness (QED) is 0.540. The van der Waals surface area contributed by atoms with Gasteiger partial charge in [0.25, 0.3) is 5.91 Å². The van der Waals surface area contributed by atoms with E-state index in [1.54, 1.807) is 0 Å². The Kier molecular flexibility index (Phi) is 5.01. The van der Waals surface area contributed by atoms with E-state index in [0.29, 0.717) is 11.8 Å². The summed E-state index contributed by atoms with van der Waals surface area (Å²) in [5.41, 5.74) is -0.203. The maximum Gasteiger partial charge on any atom is 0.387 e. The van der Waals surface area contributed by atoms with Gasteiger partial charge < -0.3 is 10.1 Å². The van der Waals surface area contributed by atoms with Gasteiger partial charge in [0, 0.05) is 0 Å². The number of hydrogen-bond donors (Lipinski definition) is 1. The molecule has 0 saturated carbocycles. The van der Waals surface area contributed by atoms with E-state index >= 15 is 0 Å². The molecule has 0 aliphatic rings. The van der Waals surface area contributed by atoms with E-state index < -0.39 is 35.7 Å². The first-order valence-corrected chi connectivity index (χ1v) is 7.27. The Balaban J connectivity index is 1.75. The number of hydrogen-bond acceptors (Lipinski definition) is 4. The third kappa shape index (κ3) is 4.02. The molecule has 1 amide bonds. The van der Waals surface area contributed by atoms with E-state index in [1.807, 2.05) is 5.32 Å². The van der Waals surface area contributed by atoms with Crippen LogP contribution in [0.15, 0.2) is 42.7 Å². The highest BCUT2D eigenvalue weighted by Gasteiger charge is 2.18. The number of amides is 1. The molecule has 6 nitrogen and oxygen atoms in total. The van der Waals surface area contributed by atoms with Crippen LogP contribution in [0.25, 0.3) is 5.69 Å². The van der Waals surface area contributed by atoms with E-state index in [-0.39, 0.29) is 11.6 Å². The first-order chi connectivity index (χ1) is 12.8. The number of ether oxygens (including phenoxy) is 1. The van der Waals surface area contributed by atoms with Gasteiger partial charge >= 0.3 is 6.61 Å². The molecule has 27 heavy (non-hydrogen) atoms. The second-order valence-electron chi connectivity index (χ2n) is 5.06. The van der Waals surface area contributed by atoms with Crippen molar-refractivity contribution in [3.8, 4) is 11.4 Å². The molecule has 0 unspecified atom stereocenters. The standard InChI is InChI=1S/C16H9F5N4O2/c17-10-5-6-11(13(19)12(10)18)23-15(26)14-22-7-25(24-14)8-1-3-9(4-2-8)27-16(20)21/h1-7,16H,(H,23,26). The fourth-order valence-electron chi connectivity index (χ4n) is 2.07. The molecule has 1 heterocycles. The smallest absolute Gasteiger partial charge is 0.387 e. The summed E-state index contributed by atoms with van der Waals surface area (Å²) in [4.78, 5) is 15.8. The number of benzene rings is 2. The van der Waals surface area contributed by atoms with Crippen molar-refractivity contribution in [1.29, 1.82) is 0 Å². The lowest BCUT2D eigenvalue weighted by atomic mass is 10.2. The Morgan fingerprint density at radius 2 is 1.74 bits per heavy atom. The van der Waals surface area contributed by atoms with Gasteiger partial charge in [-0.05, 0) is 36.4 Å². The number of alkyl halides is 2. The molecule has 1 N–H and O–H groups in total. The third-order valence-corrected chi connectivity index (χ3v) is 3.30. The van der Waals surface area contributed by atoms with Gasteiger partial charge in [-0.2, -0.15) is 8.78 Å². The molecule has 2 aromatic carbocycles. The molecule has 140 valence electrons. The van der Waals surface area contributed by atoms with Crippen molar-refractivity contribution in [2.45, 2.75) is 6.61 Å². The summed E-state index contributed by atoms with van der Waals surface area (Å²) in [6, 6.07) is 6.82. The van der Waals surface area contributed by atoms with Crippen LogP contribution in [0.4, 0.5) is 27.6 Å². The first kappa shape index (κ1) is 18.3. The van der Waals surface area contributed by atoms with Crippen LogP contribution in [0.5, 0.6) is 5.75 Å². The molecular formula is C16H9F5N4O2. The SMILES string of the molecule is O=C(Nc1ccc(F)c(F)c1F)c1ncn(-c2ccc(OC(F)F)cc2)n1. The van der Waals surface area contributed by atoms with Gasteiger partial charge in [-0.15, -0.1) is 5.10 Å². The first-order valence-electron chi connectivity index (χ1n) is 7.27. The topological polar surface area (TPSA) is 69.0 Å².